The lowest BCUT2D eigenvalue weighted by atomic mass is 10.0. The molecule has 0 saturated carbocycles. The molecule has 1 atom stereocenters. The molecule has 2 amide bonds. The lowest BCUT2D eigenvalue weighted by Crippen LogP contribution is -2.51. The number of aryl methyl sites for hydroxylation is 1. The van der Waals surface area contributed by atoms with Crippen molar-refractivity contribution in [3.05, 3.63) is 78.3 Å². The van der Waals surface area contributed by atoms with Crippen molar-refractivity contribution >= 4 is 28.5 Å². The maximum absolute atomic E-state index is 13.8. The molecule has 4 rings (SSSR count). The highest BCUT2D eigenvalue weighted by molar-refractivity contribution is 6.01. The fourth-order valence-electron chi connectivity index (χ4n) is 3.73. The second-order valence-corrected chi connectivity index (χ2v) is 8.91. The number of carbonyl (C=O) groups is 2. The van der Waals surface area contributed by atoms with E-state index in [1.807, 2.05) is 70.2 Å². The Labute approximate surface area is 198 Å². The van der Waals surface area contributed by atoms with Crippen molar-refractivity contribution in [2.75, 3.05) is 4.90 Å². The van der Waals surface area contributed by atoms with E-state index in [1.165, 1.54) is 4.90 Å². The van der Waals surface area contributed by atoms with E-state index >= 15 is 0 Å². The summed E-state index contributed by atoms with van der Waals surface area (Å²) in [5, 5.41) is 11.4. The Kier molecular flexibility index (Phi) is 6.49. The standard InChI is InChI=1S/C26H29N5O3/c1-5-26(3,4)27-25(33)24(22-16-15-18(2)34-22)31(19-11-7-6-8-12-19)23(32)17-30-21-14-10-9-13-20(21)28-29-30/h6-16,24H,5,17H2,1-4H3,(H,27,33)/t24-/m1/s1. The first-order valence-corrected chi connectivity index (χ1v) is 11.3. The third-order valence-corrected chi connectivity index (χ3v) is 5.89. The van der Waals surface area contributed by atoms with Crippen molar-refractivity contribution in [1.82, 2.24) is 20.3 Å². The summed E-state index contributed by atoms with van der Waals surface area (Å²) in [5.74, 6) is 0.417. The number of nitrogens with zero attached hydrogens (tertiary/aromatic N) is 4. The molecule has 8 nitrogen and oxygen atoms in total. The zero-order valence-electron chi connectivity index (χ0n) is 19.9. The van der Waals surface area contributed by atoms with E-state index in [2.05, 4.69) is 15.6 Å². The van der Waals surface area contributed by atoms with Crippen LogP contribution in [0.25, 0.3) is 11.0 Å². The van der Waals surface area contributed by atoms with Gasteiger partial charge in [0.05, 0.1) is 5.52 Å². The van der Waals surface area contributed by atoms with Gasteiger partial charge in [-0.1, -0.05) is 42.5 Å². The summed E-state index contributed by atoms with van der Waals surface area (Å²) in [5.41, 5.74) is 1.57. The second kappa shape index (κ2) is 9.51. The maximum Gasteiger partial charge on any atom is 0.251 e. The topological polar surface area (TPSA) is 93.3 Å². The first-order valence-electron chi connectivity index (χ1n) is 11.3. The molecule has 0 radical (unpaired) electrons. The average molecular weight is 460 g/mol. The minimum atomic E-state index is -0.996. The van der Waals surface area contributed by atoms with Gasteiger partial charge in [-0.2, -0.15) is 0 Å². The van der Waals surface area contributed by atoms with Crippen LogP contribution in [0.15, 0.2) is 71.1 Å². The van der Waals surface area contributed by atoms with Crippen molar-refractivity contribution in [1.29, 1.82) is 0 Å². The van der Waals surface area contributed by atoms with E-state index in [1.54, 1.807) is 28.9 Å². The third-order valence-electron chi connectivity index (χ3n) is 5.89. The lowest BCUT2D eigenvalue weighted by molar-refractivity contribution is -0.128. The van der Waals surface area contributed by atoms with E-state index < -0.39 is 11.6 Å². The summed E-state index contributed by atoms with van der Waals surface area (Å²) < 4.78 is 7.43. The van der Waals surface area contributed by atoms with Gasteiger partial charge < -0.3 is 9.73 Å². The van der Waals surface area contributed by atoms with Crippen molar-refractivity contribution in [2.45, 2.75) is 52.2 Å². The Hall–Kier alpha value is -3.94. The van der Waals surface area contributed by atoms with Gasteiger partial charge in [-0.15, -0.1) is 5.10 Å². The molecule has 2 aromatic carbocycles. The number of furan rings is 1. The normalized spacial score (nSPS) is 12.5. The molecular formula is C26H29N5O3. The number of benzene rings is 2. The molecule has 8 heteroatoms. The van der Waals surface area contributed by atoms with Gasteiger partial charge in [-0.25, -0.2) is 4.68 Å². The van der Waals surface area contributed by atoms with E-state index in [4.69, 9.17) is 4.42 Å². The number of hydrogen-bond donors (Lipinski definition) is 1. The molecule has 0 aliphatic carbocycles. The van der Waals surface area contributed by atoms with Crippen molar-refractivity contribution in [2.24, 2.45) is 0 Å². The van der Waals surface area contributed by atoms with Gasteiger partial charge in [0.15, 0.2) is 6.04 Å². The van der Waals surface area contributed by atoms with Gasteiger partial charge in [-0.3, -0.25) is 14.5 Å². The van der Waals surface area contributed by atoms with E-state index in [0.717, 1.165) is 11.9 Å². The average Bonchev–Trinajstić information content (AvgIpc) is 3.43. The van der Waals surface area contributed by atoms with Crippen LogP contribution in [0, 0.1) is 6.92 Å². The number of nitrogens with one attached hydrogen (secondary N) is 1. The van der Waals surface area contributed by atoms with Gasteiger partial charge in [-0.05, 0) is 63.6 Å². The predicted molar refractivity (Wildman–Crippen MR) is 130 cm³/mol. The number of anilines is 1. The molecule has 0 aliphatic heterocycles. The van der Waals surface area contributed by atoms with Crippen molar-refractivity contribution < 1.29 is 14.0 Å². The molecule has 0 unspecified atom stereocenters. The van der Waals surface area contributed by atoms with Crippen LogP contribution in [0.4, 0.5) is 5.69 Å². The molecule has 4 aromatic rings. The van der Waals surface area contributed by atoms with E-state index in [0.29, 0.717) is 22.7 Å². The molecule has 0 spiro atoms. The van der Waals surface area contributed by atoms with Crippen LogP contribution in [0.1, 0.15) is 44.8 Å². The minimum Gasteiger partial charge on any atom is -0.464 e. The van der Waals surface area contributed by atoms with Crippen molar-refractivity contribution in [3.63, 3.8) is 0 Å². The molecule has 34 heavy (non-hydrogen) atoms. The number of para-hydroxylation sites is 2. The molecule has 0 bridgehead atoms. The minimum absolute atomic E-state index is 0.0873. The van der Waals surface area contributed by atoms with Crippen molar-refractivity contribution in [3.8, 4) is 0 Å². The summed E-state index contributed by atoms with van der Waals surface area (Å²) in [6.07, 6.45) is 0.729. The van der Waals surface area contributed by atoms with Crippen LogP contribution < -0.4 is 10.2 Å². The first-order chi connectivity index (χ1) is 16.3. The smallest absolute Gasteiger partial charge is 0.251 e. The van der Waals surface area contributed by atoms with Gasteiger partial charge in [0.1, 0.15) is 23.6 Å². The van der Waals surface area contributed by atoms with E-state index in [-0.39, 0.29) is 18.4 Å². The number of carbonyl (C=O) groups excluding carboxylic acids is 2. The highest BCUT2D eigenvalue weighted by atomic mass is 16.3. The Bertz CT molecular complexity index is 1290. The molecule has 0 fully saturated rings. The summed E-state index contributed by atoms with van der Waals surface area (Å²) in [7, 11) is 0. The maximum atomic E-state index is 13.8. The highest BCUT2D eigenvalue weighted by Gasteiger charge is 2.37. The molecule has 176 valence electrons. The predicted octanol–water partition coefficient (Wildman–Crippen LogP) is 4.41. The molecule has 2 aromatic heterocycles. The van der Waals surface area contributed by atoms with Gasteiger partial charge in [0.25, 0.3) is 5.91 Å². The Morgan fingerprint density at radius 1 is 1.06 bits per heavy atom. The summed E-state index contributed by atoms with van der Waals surface area (Å²) in [6.45, 7) is 7.63. The molecule has 1 N–H and O–H groups in total. The van der Waals surface area contributed by atoms with Gasteiger partial charge in [0.2, 0.25) is 5.91 Å². The third kappa shape index (κ3) is 4.85. The summed E-state index contributed by atoms with van der Waals surface area (Å²) in [4.78, 5) is 29.0. The Morgan fingerprint density at radius 3 is 2.44 bits per heavy atom. The summed E-state index contributed by atoms with van der Waals surface area (Å²) in [6, 6.07) is 19.1. The number of aromatic nitrogens is 3. The highest BCUT2D eigenvalue weighted by Crippen LogP contribution is 2.30. The fourth-order valence-corrected chi connectivity index (χ4v) is 3.73. The molecule has 2 heterocycles. The van der Waals surface area contributed by atoms with Crippen LogP contribution in [0.2, 0.25) is 0 Å². The monoisotopic (exact) mass is 459 g/mol. The number of rotatable bonds is 8. The zero-order valence-corrected chi connectivity index (χ0v) is 19.9. The Morgan fingerprint density at radius 2 is 1.76 bits per heavy atom. The number of fused-ring (bicyclic) bond motifs is 1. The second-order valence-electron chi connectivity index (χ2n) is 8.91. The quantitative estimate of drug-likeness (QED) is 0.421. The molecule has 0 aliphatic rings. The SMILES string of the molecule is CCC(C)(C)NC(=O)[C@@H](c1ccc(C)o1)N(C(=O)Cn1nnc2ccccc21)c1ccccc1. The largest absolute Gasteiger partial charge is 0.464 e. The summed E-state index contributed by atoms with van der Waals surface area (Å²) >= 11 is 0. The van der Waals surface area contributed by atoms with Gasteiger partial charge >= 0.3 is 0 Å². The number of amides is 2. The van der Waals surface area contributed by atoms with Crippen LogP contribution in [0.5, 0.6) is 0 Å². The van der Waals surface area contributed by atoms with Crippen LogP contribution >= 0.6 is 0 Å². The van der Waals surface area contributed by atoms with E-state index in [9.17, 15) is 9.59 Å². The van der Waals surface area contributed by atoms with Crippen LogP contribution in [-0.2, 0) is 16.1 Å². The Balaban J connectivity index is 1.78. The van der Waals surface area contributed by atoms with Gasteiger partial charge in [0, 0.05) is 11.2 Å². The molecule has 0 saturated heterocycles. The fraction of sp³-hybridized carbons (Fsp3) is 0.308. The number of hydrogen-bond acceptors (Lipinski definition) is 5. The lowest BCUT2D eigenvalue weighted by Gasteiger charge is -2.33. The van der Waals surface area contributed by atoms with Crippen LogP contribution in [-0.4, -0.2) is 32.3 Å². The zero-order chi connectivity index (χ0) is 24.3. The first kappa shape index (κ1) is 23.2. The van der Waals surface area contributed by atoms with Crippen LogP contribution in [0.3, 0.4) is 0 Å². The molecular weight excluding hydrogens is 430 g/mol.